The number of aryl methyl sites for hydroxylation is 4. The van der Waals surface area contributed by atoms with Crippen LogP contribution in [0.1, 0.15) is 254 Å². The number of nitrogens with one attached hydrogen (secondary N) is 1. The van der Waals surface area contributed by atoms with Gasteiger partial charge in [0.25, 0.3) is 0 Å². The Kier molecular flexibility index (Phi) is 41.4. The second-order valence-electron chi connectivity index (χ2n) is 41.1. The highest BCUT2D eigenvalue weighted by Gasteiger charge is 2.52. The number of likely N-dealkylation sites (tertiary alicyclic amines) is 5. The van der Waals surface area contributed by atoms with Crippen LogP contribution in [0, 0.1) is 35.4 Å². The number of carboxylic acids is 5. The molecule has 5 fully saturated rings. The second-order valence-corrected chi connectivity index (χ2v) is 41.1. The van der Waals surface area contributed by atoms with E-state index < -0.39 is 93.1 Å². The molecule has 4 aromatic carbocycles. The molecule has 0 bridgehead atoms. The minimum absolute atomic E-state index is 0.0529. The van der Waals surface area contributed by atoms with Crippen LogP contribution in [-0.2, 0) is 68.9 Å². The van der Waals surface area contributed by atoms with E-state index >= 15 is 0 Å². The van der Waals surface area contributed by atoms with Crippen molar-refractivity contribution in [2.45, 2.75) is 314 Å². The summed E-state index contributed by atoms with van der Waals surface area (Å²) in [4.78, 5) is 86.3. The van der Waals surface area contributed by atoms with Gasteiger partial charge in [-0.2, -0.15) is 0 Å². The van der Waals surface area contributed by atoms with Gasteiger partial charge in [0.2, 0.25) is 5.56 Å². The van der Waals surface area contributed by atoms with Crippen molar-refractivity contribution >= 4 is 65.4 Å². The number of aromatic nitrogens is 1. The molecule has 26 N–H and O–H groups in total. The maximum atomic E-state index is 13.4. The first-order valence-electron chi connectivity index (χ1n) is 50.7. The minimum atomic E-state index is -1.37. The Hall–Kier alpha value is -7.37. The number of benzene rings is 4. The lowest BCUT2D eigenvalue weighted by Crippen LogP contribution is -2.55. The number of halogens is 1. The summed E-state index contributed by atoms with van der Waals surface area (Å²) >= 11 is 0. The highest BCUT2D eigenvalue weighted by atomic mass is 19.1. The van der Waals surface area contributed by atoms with Crippen LogP contribution in [0.5, 0.6) is 0 Å². The number of unbranched alkanes of at least 4 members (excludes halogenated alkanes) is 5. The molecule has 0 saturated carbocycles. The Morgan fingerprint density at radius 2 is 0.664 bits per heavy atom. The van der Waals surface area contributed by atoms with Gasteiger partial charge in [-0.05, 0) is 305 Å². The van der Waals surface area contributed by atoms with Crippen molar-refractivity contribution in [3.63, 3.8) is 0 Å². The van der Waals surface area contributed by atoms with Crippen LogP contribution >= 0.6 is 0 Å². The molecule has 32 nitrogen and oxygen atoms in total. The number of H-pyrrole nitrogens is 1. The van der Waals surface area contributed by atoms with Gasteiger partial charge in [-0.1, -0.05) is 143 Å². The van der Waals surface area contributed by atoms with Crippen LogP contribution in [0.4, 0.5) is 4.39 Å². The molecule has 5 aliphatic heterocycles. The Morgan fingerprint density at radius 3 is 1.10 bits per heavy atom. The molecule has 5 saturated heterocycles. The highest BCUT2D eigenvalue weighted by Crippen LogP contribution is 2.46. The van der Waals surface area contributed by atoms with Crippen molar-refractivity contribution in [2.75, 3.05) is 65.4 Å². The van der Waals surface area contributed by atoms with E-state index in [-0.39, 0.29) is 84.7 Å². The molecule has 5 aliphatic carbocycles. The number of aliphatic carboxylic acids is 5. The van der Waals surface area contributed by atoms with Gasteiger partial charge in [0.05, 0.1) is 0 Å². The molecule has 1 aromatic heterocycles. The van der Waals surface area contributed by atoms with Crippen molar-refractivity contribution in [2.24, 2.45) is 58.3 Å². The molecular formula is C99H153B5FN11O21. The fraction of sp³-hybridized carbons (Fsp3) is 0.657. The fourth-order valence-electron chi connectivity index (χ4n) is 24.1. The fourth-order valence-corrected chi connectivity index (χ4v) is 24.1. The van der Waals surface area contributed by atoms with E-state index in [1.165, 1.54) is 51.4 Å². The summed E-state index contributed by atoms with van der Waals surface area (Å²) < 4.78 is 13.4. The summed E-state index contributed by atoms with van der Waals surface area (Å²) in [5.41, 5.74) is 38.4. The maximum Gasteiger partial charge on any atom is 0.451 e. The topological polar surface area (TPSA) is 568 Å². The predicted molar refractivity (Wildman–Crippen MR) is 527 cm³/mol. The summed E-state index contributed by atoms with van der Waals surface area (Å²) in [6, 6.07) is 34.1. The second kappa shape index (κ2) is 51.5. The lowest BCUT2D eigenvalue weighted by atomic mass is 9.75. The van der Waals surface area contributed by atoms with Crippen molar-refractivity contribution in [3.8, 4) is 0 Å². The summed E-state index contributed by atoms with van der Waals surface area (Å²) in [6.45, 7) is 7.89. The Labute approximate surface area is 807 Å². The van der Waals surface area contributed by atoms with E-state index in [1.54, 1.807) is 18.3 Å². The van der Waals surface area contributed by atoms with Gasteiger partial charge in [0.1, 0.15) is 33.5 Å². The molecule has 10 aliphatic rings. The lowest BCUT2D eigenvalue weighted by molar-refractivity contribution is -0.147. The van der Waals surface area contributed by atoms with Crippen molar-refractivity contribution in [3.05, 3.63) is 175 Å². The van der Waals surface area contributed by atoms with Gasteiger partial charge in [-0.15, -0.1) is 0 Å². The summed E-state index contributed by atoms with van der Waals surface area (Å²) in [5.74, 6) is -5.52. The first-order chi connectivity index (χ1) is 65.3. The third kappa shape index (κ3) is 29.5. The third-order valence-electron chi connectivity index (χ3n) is 32.3. The van der Waals surface area contributed by atoms with Gasteiger partial charge < -0.3 is 109 Å². The van der Waals surface area contributed by atoms with Crippen LogP contribution < -0.4 is 34.2 Å². The molecule has 6 heterocycles. The monoisotopic (exact) mass is 1910 g/mol. The standard InChI is InChI=1S/C22H35BN2O4.C20H31BN2O4.C19H28BFN2O4.C19H30BN3O5.C19H29BN2O4/c24-22(21(26)27,13-3-4-14-23(28)29)18-9-6-15-25(16-12-18)20-11-5-8-17-7-1-2-10-19(17)20;22-20(19(24)25,10-3-4-11-21(26)27)17-9-12-23(14-17)18-8-7-15-5-1-2-6-16(15)13-18;21-15-4-5-16-13(11-15)3-6-17(16)23-10-7-14(12-23)19(22,18(24)25)8-1-2-9-20(26)27;21-19(18(25)26,7-1-2-8-20(27)28)14-6-9-23(12-14)16-5-3-4-13-11-22-17(24)10-15(13)16;21-19(18(23)24,8-3-4-9-20(25)26)16-7-10-22(13-16)17-11-14-5-1-2-6-15(14)12-17/h1-2,7,10,18,20,28-29H,3-6,8-9,11-16,24H2,(H,26,27);1-2,5-6,17-18,26-27H,3-4,7-14,22H2,(H,24,25);4-5,11,14,17,26-27H,1-3,6-10,12,22H2,(H,24,25);10-11,14,16,27-28H,1-9,12,21H2,(H,22,24)(H,25,26);1-2,5-6,16-17,25-26H,3-4,7-13,21H2,(H,23,24). The van der Waals surface area contributed by atoms with Gasteiger partial charge in [0.15, 0.2) is 0 Å². The van der Waals surface area contributed by atoms with Crippen LogP contribution in [0.3, 0.4) is 0 Å². The number of carbonyl (C=O) groups is 5. The van der Waals surface area contributed by atoms with E-state index in [0.717, 1.165) is 185 Å². The smallest absolute Gasteiger partial charge is 0.451 e. The lowest BCUT2D eigenvalue weighted by Gasteiger charge is -2.36. The number of hydrogen-bond acceptors (Lipinski definition) is 26. The molecule has 137 heavy (non-hydrogen) atoms. The maximum absolute atomic E-state index is 13.4. The average molecular weight is 1910 g/mol. The summed E-state index contributed by atoms with van der Waals surface area (Å²) in [5, 5.41) is 139. The van der Waals surface area contributed by atoms with Crippen LogP contribution in [0.15, 0.2) is 108 Å². The summed E-state index contributed by atoms with van der Waals surface area (Å²) in [6.07, 6.45) is 29.6. The zero-order chi connectivity index (χ0) is 98.9. The molecule has 752 valence electrons. The van der Waals surface area contributed by atoms with Crippen molar-refractivity contribution < 1.29 is 104 Å². The molecule has 0 radical (unpaired) electrons. The van der Waals surface area contributed by atoms with E-state index in [4.69, 9.17) is 78.9 Å². The number of aromatic amines is 1. The van der Waals surface area contributed by atoms with Crippen LogP contribution in [0.2, 0.25) is 31.6 Å². The first-order valence-corrected chi connectivity index (χ1v) is 50.7. The van der Waals surface area contributed by atoms with E-state index in [2.05, 4.69) is 102 Å². The largest absolute Gasteiger partial charge is 0.480 e. The zero-order valence-corrected chi connectivity index (χ0v) is 80.0. The SMILES string of the molecule is NC(CCCCB(O)O)(C(=O)O)C1CCCN(C2CCCc3ccccc32)CC1.NC(CCCCB(O)O)(C(=O)O)C1CCN(C2CCCc3c[nH]c(=O)cc32)C1.NC(CCCCB(O)O)(C(=O)O)C1CCN(C2CCc3cc(F)ccc32)C1.NC(CCCCB(O)O)(C(=O)O)C1CCN(C2CCc3ccccc3C2)C1.NC(CCCCB(O)O)(C(=O)O)C1CCN(C2Cc3ccccc3C2)C1. The number of nitrogens with two attached hydrogens (primary N) is 5. The first kappa shape index (κ1) is 110. The van der Waals surface area contributed by atoms with E-state index in [1.807, 2.05) is 6.07 Å². The van der Waals surface area contributed by atoms with Crippen LogP contribution in [-0.4, -0.2) is 276 Å². The normalized spacial score (nSPS) is 24.4. The quantitative estimate of drug-likeness (QED) is 0.0141. The molecule has 14 unspecified atom stereocenters. The van der Waals surface area contributed by atoms with Crippen molar-refractivity contribution in [1.29, 1.82) is 0 Å². The Morgan fingerprint density at radius 1 is 0.328 bits per heavy atom. The number of hydrogen-bond donors (Lipinski definition) is 21. The molecular weight excluding hydrogens is 1750 g/mol. The van der Waals surface area contributed by atoms with Gasteiger partial charge in [-0.3, -0.25) is 53.3 Å². The number of fused-ring (bicyclic) bond motifs is 5. The van der Waals surface area contributed by atoms with Gasteiger partial charge in [-0.25, -0.2) is 4.39 Å². The minimum Gasteiger partial charge on any atom is -0.480 e. The molecule has 0 spiro atoms. The molecule has 15 rings (SSSR count). The number of carboxylic acid groups (broad SMARTS) is 5. The molecule has 5 aromatic rings. The van der Waals surface area contributed by atoms with Crippen LogP contribution in [0.25, 0.3) is 0 Å². The number of pyridine rings is 1. The molecule has 14 atom stereocenters. The zero-order valence-electron chi connectivity index (χ0n) is 80.0. The third-order valence-corrected chi connectivity index (χ3v) is 32.3. The number of nitrogens with zero attached hydrogens (tertiary/aromatic N) is 5. The average Bonchev–Trinajstić information content (AvgIpc) is 1.65. The van der Waals surface area contributed by atoms with Gasteiger partial charge in [0, 0.05) is 92.3 Å². The van der Waals surface area contributed by atoms with E-state index in [9.17, 15) is 58.7 Å². The Bertz CT molecular complexity index is 4750. The van der Waals surface area contributed by atoms with Gasteiger partial charge >= 0.3 is 65.4 Å². The van der Waals surface area contributed by atoms with Crippen molar-refractivity contribution in [1.82, 2.24) is 29.5 Å². The molecule has 38 heteroatoms. The highest BCUT2D eigenvalue weighted by molar-refractivity contribution is 6.42. The molecule has 0 amide bonds. The van der Waals surface area contributed by atoms with E-state index in [0.29, 0.717) is 134 Å². The predicted octanol–water partition coefficient (Wildman–Crippen LogP) is 6.84. The summed E-state index contributed by atoms with van der Waals surface area (Å²) in [7, 11) is -6.74. The Balaban J connectivity index is 0.000000164. The number of rotatable bonds is 40.